The molecule has 1 N–H and O–H groups in total. The Balaban J connectivity index is 1.96. The lowest BCUT2D eigenvalue weighted by Gasteiger charge is -2.41. The van der Waals surface area contributed by atoms with Gasteiger partial charge in [-0.15, -0.1) is 0 Å². The van der Waals surface area contributed by atoms with Crippen molar-refractivity contribution in [3.05, 3.63) is 23.8 Å². The van der Waals surface area contributed by atoms with Crippen LogP contribution in [0.2, 0.25) is 0 Å². The van der Waals surface area contributed by atoms with Gasteiger partial charge in [-0.25, -0.2) is 4.31 Å². The van der Waals surface area contributed by atoms with Crippen LogP contribution in [-0.4, -0.2) is 23.8 Å². The highest BCUT2D eigenvalue weighted by Gasteiger charge is 2.38. The molecule has 1 atom stereocenters. The summed E-state index contributed by atoms with van der Waals surface area (Å²) in [6.07, 6.45) is 11.0. The minimum atomic E-state index is -0.0803. The Labute approximate surface area is 167 Å². The Morgan fingerprint density at radius 3 is 2.67 bits per heavy atom. The predicted molar refractivity (Wildman–Crippen MR) is 112 cm³/mol. The minimum Gasteiger partial charge on any atom is -0.328 e. The lowest BCUT2D eigenvalue weighted by atomic mass is 9.63. The van der Waals surface area contributed by atoms with E-state index in [1.54, 1.807) is 0 Å². The van der Waals surface area contributed by atoms with Gasteiger partial charge in [0, 0.05) is 30.1 Å². The maximum atomic E-state index is 11.2. The van der Waals surface area contributed by atoms with Gasteiger partial charge >= 0.3 is 0 Å². The van der Waals surface area contributed by atoms with Crippen molar-refractivity contribution in [3.63, 3.8) is 0 Å². The topological polar surface area (TPSA) is 56.1 Å². The zero-order valence-corrected chi connectivity index (χ0v) is 17.2. The van der Waals surface area contributed by atoms with Gasteiger partial charge in [-0.1, -0.05) is 26.2 Å². The van der Waals surface area contributed by atoms with E-state index in [4.69, 9.17) is 0 Å². The molecule has 27 heavy (non-hydrogen) atoms. The number of nitrogens with zero attached hydrogens (tertiary/aromatic N) is 2. The quantitative estimate of drug-likeness (QED) is 0.474. The average molecular weight is 386 g/mol. The SMILES string of the molecule is CC(CCC#N)(c1cc(SN2CCCC2)ccc1NC=O)C1CCCCC1. The van der Waals surface area contributed by atoms with Crippen molar-refractivity contribution in [1.82, 2.24) is 4.31 Å². The Morgan fingerprint density at radius 1 is 1.26 bits per heavy atom. The van der Waals surface area contributed by atoms with Crippen molar-refractivity contribution < 1.29 is 4.79 Å². The molecule has 1 saturated carbocycles. The highest BCUT2D eigenvalue weighted by atomic mass is 32.2. The van der Waals surface area contributed by atoms with Gasteiger partial charge in [0.15, 0.2) is 0 Å². The molecule has 1 aliphatic heterocycles. The number of anilines is 1. The predicted octanol–water partition coefficient (Wildman–Crippen LogP) is 5.50. The van der Waals surface area contributed by atoms with Crippen LogP contribution in [0.25, 0.3) is 0 Å². The van der Waals surface area contributed by atoms with Crippen molar-refractivity contribution in [2.75, 3.05) is 18.4 Å². The number of hydrogen-bond donors (Lipinski definition) is 1. The van der Waals surface area contributed by atoms with Crippen molar-refractivity contribution in [3.8, 4) is 6.07 Å². The smallest absolute Gasteiger partial charge is 0.211 e. The van der Waals surface area contributed by atoms with Crippen LogP contribution in [-0.2, 0) is 10.2 Å². The van der Waals surface area contributed by atoms with Crippen molar-refractivity contribution in [2.45, 2.75) is 75.0 Å². The number of benzene rings is 1. The summed E-state index contributed by atoms with van der Waals surface area (Å²) >= 11 is 1.83. The molecule has 0 aromatic heterocycles. The summed E-state index contributed by atoms with van der Waals surface area (Å²) in [7, 11) is 0. The molecular formula is C22H31N3OS. The van der Waals surface area contributed by atoms with Gasteiger partial charge in [0.05, 0.1) is 6.07 Å². The molecule has 1 aromatic carbocycles. The van der Waals surface area contributed by atoms with Gasteiger partial charge in [-0.05, 0) is 79.1 Å². The summed E-state index contributed by atoms with van der Waals surface area (Å²) in [5.41, 5.74) is 2.03. The maximum absolute atomic E-state index is 11.2. The minimum absolute atomic E-state index is 0.0803. The van der Waals surface area contributed by atoms with Gasteiger partial charge in [0.25, 0.3) is 0 Å². The first-order valence-electron chi connectivity index (χ1n) is 10.3. The molecule has 3 rings (SSSR count). The summed E-state index contributed by atoms with van der Waals surface area (Å²) in [5, 5.41) is 12.2. The molecular weight excluding hydrogens is 354 g/mol. The van der Waals surface area contributed by atoms with Gasteiger partial charge in [-0.3, -0.25) is 4.79 Å². The third-order valence-electron chi connectivity index (χ3n) is 6.38. The summed E-state index contributed by atoms with van der Waals surface area (Å²) in [4.78, 5) is 12.5. The molecule has 0 radical (unpaired) electrons. The first-order valence-corrected chi connectivity index (χ1v) is 11.1. The molecule has 2 aliphatic rings. The van der Waals surface area contributed by atoms with Gasteiger partial charge in [-0.2, -0.15) is 5.26 Å². The van der Waals surface area contributed by atoms with E-state index < -0.39 is 0 Å². The van der Waals surface area contributed by atoms with Crippen molar-refractivity contribution in [1.29, 1.82) is 5.26 Å². The van der Waals surface area contributed by atoms with Gasteiger partial charge in [0.2, 0.25) is 6.41 Å². The van der Waals surface area contributed by atoms with Crippen LogP contribution < -0.4 is 5.32 Å². The van der Waals surface area contributed by atoms with Gasteiger partial charge < -0.3 is 5.32 Å². The third kappa shape index (κ3) is 4.86. The van der Waals surface area contributed by atoms with Crippen LogP contribution in [0.3, 0.4) is 0 Å². The molecule has 0 spiro atoms. The number of amides is 1. The number of nitriles is 1. The Kier molecular flexibility index (Phi) is 7.20. The van der Waals surface area contributed by atoms with E-state index in [1.807, 2.05) is 11.9 Å². The molecule has 1 aromatic rings. The maximum Gasteiger partial charge on any atom is 0.211 e. The number of carbonyl (C=O) groups is 1. The molecule has 1 aliphatic carbocycles. The van der Waals surface area contributed by atoms with Crippen molar-refractivity contribution >= 4 is 24.0 Å². The Bertz CT molecular complexity index is 675. The lowest BCUT2D eigenvalue weighted by Crippen LogP contribution is -2.34. The van der Waals surface area contributed by atoms with E-state index in [9.17, 15) is 10.1 Å². The number of hydrogen-bond acceptors (Lipinski definition) is 4. The highest BCUT2D eigenvalue weighted by molar-refractivity contribution is 7.97. The molecule has 2 fully saturated rings. The van der Waals surface area contributed by atoms with Crippen LogP contribution >= 0.6 is 11.9 Å². The second-order valence-electron chi connectivity index (χ2n) is 8.11. The van der Waals surface area contributed by atoms with E-state index >= 15 is 0 Å². The van der Waals surface area contributed by atoms with Crippen molar-refractivity contribution in [2.24, 2.45) is 5.92 Å². The summed E-state index contributed by atoms with van der Waals surface area (Å²) in [5.74, 6) is 0.568. The molecule has 1 unspecified atom stereocenters. The lowest BCUT2D eigenvalue weighted by molar-refractivity contribution is -0.105. The molecule has 5 heteroatoms. The first-order chi connectivity index (χ1) is 13.2. The fraction of sp³-hybridized carbons (Fsp3) is 0.636. The summed E-state index contributed by atoms with van der Waals surface area (Å²) in [6.45, 7) is 4.60. The molecule has 1 heterocycles. The fourth-order valence-electron chi connectivity index (χ4n) is 4.78. The largest absolute Gasteiger partial charge is 0.328 e. The number of rotatable bonds is 8. The standard InChI is InChI=1S/C22H31N3OS/c1-22(12-7-13-23,18-8-3-2-4-9-18)20-16-19(10-11-21(20)24-17-26)27-25-14-5-6-15-25/h10-11,16-18H,2-9,12,14-15H2,1H3,(H,24,26). The van der Waals surface area contributed by atoms with Crippen LogP contribution in [0, 0.1) is 17.2 Å². The third-order valence-corrected chi connectivity index (χ3v) is 7.47. The van der Waals surface area contributed by atoms with E-state index in [-0.39, 0.29) is 5.41 Å². The molecule has 0 bridgehead atoms. The van der Waals surface area contributed by atoms with E-state index in [0.29, 0.717) is 12.3 Å². The summed E-state index contributed by atoms with van der Waals surface area (Å²) < 4.78 is 2.43. The van der Waals surface area contributed by atoms with E-state index in [0.717, 1.165) is 31.6 Å². The van der Waals surface area contributed by atoms with E-state index in [1.165, 1.54) is 55.4 Å². The zero-order valence-electron chi connectivity index (χ0n) is 16.4. The molecule has 146 valence electrons. The highest BCUT2D eigenvalue weighted by Crippen LogP contribution is 2.47. The second-order valence-corrected chi connectivity index (χ2v) is 9.28. The second kappa shape index (κ2) is 9.61. The molecule has 1 amide bonds. The average Bonchev–Trinajstić information content (AvgIpc) is 3.21. The van der Waals surface area contributed by atoms with Crippen LogP contribution in [0.5, 0.6) is 0 Å². The summed E-state index contributed by atoms with van der Waals surface area (Å²) in [6, 6.07) is 8.80. The monoisotopic (exact) mass is 385 g/mol. The Morgan fingerprint density at radius 2 is 2.00 bits per heavy atom. The van der Waals surface area contributed by atoms with Crippen LogP contribution in [0.1, 0.15) is 70.3 Å². The van der Waals surface area contributed by atoms with Crippen LogP contribution in [0.4, 0.5) is 5.69 Å². The number of carbonyl (C=O) groups excluding carboxylic acids is 1. The van der Waals surface area contributed by atoms with Crippen LogP contribution in [0.15, 0.2) is 23.1 Å². The van der Waals surface area contributed by atoms with Gasteiger partial charge in [0.1, 0.15) is 0 Å². The molecule has 1 saturated heterocycles. The fourth-order valence-corrected chi connectivity index (χ4v) is 5.82. The Hall–Kier alpha value is -1.51. The number of nitrogens with one attached hydrogen (secondary N) is 1. The normalized spacial score (nSPS) is 20.7. The first kappa shape index (κ1) is 20.2. The molecule has 4 nitrogen and oxygen atoms in total. The zero-order chi connectivity index (χ0) is 19.1. The van der Waals surface area contributed by atoms with E-state index in [2.05, 4.69) is 40.8 Å².